The molecule has 150 valence electrons. The van der Waals surface area contributed by atoms with Crippen LogP contribution in [0.1, 0.15) is 30.9 Å². The molecule has 1 saturated carbocycles. The van der Waals surface area contributed by atoms with Crippen LogP contribution in [0, 0.1) is 5.92 Å². The molecular formula is C22H29N3O2S. The Bertz CT molecular complexity index is 923. The van der Waals surface area contributed by atoms with Crippen LogP contribution in [-0.4, -0.2) is 48.2 Å². The van der Waals surface area contributed by atoms with Crippen molar-refractivity contribution < 1.29 is 9.53 Å². The molecule has 3 rings (SSSR count). The van der Waals surface area contributed by atoms with Crippen molar-refractivity contribution in [2.75, 3.05) is 27.5 Å². The van der Waals surface area contributed by atoms with Gasteiger partial charge in [0.1, 0.15) is 6.29 Å². The van der Waals surface area contributed by atoms with Crippen molar-refractivity contribution in [1.82, 2.24) is 14.5 Å². The Balaban J connectivity index is 2.22. The zero-order valence-corrected chi connectivity index (χ0v) is 18.2. The zero-order valence-electron chi connectivity index (χ0n) is 17.4. The molecule has 1 fully saturated rings. The fourth-order valence-electron chi connectivity index (χ4n) is 3.35. The van der Waals surface area contributed by atoms with E-state index in [0.29, 0.717) is 17.5 Å². The minimum atomic E-state index is 0.680. The van der Waals surface area contributed by atoms with Crippen LogP contribution in [0.5, 0.6) is 6.01 Å². The Labute approximate surface area is 171 Å². The van der Waals surface area contributed by atoms with Crippen molar-refractivity contribution in [3.63, 3.8) is 0 Å². The van der Waals surface area contributed by atoms with Crippen molar-refractivity contribution in [3.05, 3.63) is 41.1 Å². The maximum absolute atomic E-state index is 11.2. The first-order valence-electron chi connectivity index (χ1n) is 9.55. The van der Waals surface area contributed by atoms with E-state index in [0.717, 1.165) is 40.8 Å². The second-order valence-electron chi connectivity index (χ2n) is 7.64. The lowest BCUT2D eigenvalue weighted by Gasteiger charge is -2.13. The third kappa shape index (κ3) is 4.61. The SMILES string of the molecule is COc1nc2c(CSC)cc(C(/C=C(/C)C=O)=C/N(C)C)cc2n1CC1CC1. The Morgan fingerprint density at radius 2 is 2.14 bits per heavy atom. The van der Waals surface area contributed by atoms with Gasteiger partial charge in [-0.1, -0.05) is 0 Å². The topological polar surface area (TPSA) is 47.4 Å². The van der Waals surface area contributed by atoms with Gasteiger partial charge in [0.2, 0.25) is 0 Å². The van der Waals surface area contributed by atoms with E-state index in [1.165, 1.54) is 18.4 Å². The van der Waals surface area contributed by atoms with Crippen molar-refractivity contribution >= 4 is 34.7 Å². The van der Waals surface area contributed by atoms with E-state index >= 15 is 0 Å². The number of ether oxygens (including phenoxy) is 1. The molecule has 0 atom stereocenters. The third-order valence-electron chi connectivity index (χ3n) is 4.82. The number of carbonyl (C=O) groups is 1. The average molecular weight is 400 g/mol. The number of imidazole rings is 1. The summed E-state index contributed by atoms with van der Waals surface area (Å²) in [5.41, 5.74) is 6.10. The summed E-state index contributed by atoms with van der Waals surface area (Å²) in [6.07, 6.45) is 9.53. The number of hydrogen-bond donors (Lipinski definition) is 0. The van der Waals surface area contributed by atoms with Crippen LogP contribution < -0.4 is 4.74 Å². The number of methoxy groups -OCH3 is 1. The molecule has 0 radical (unpaired) electrons. The largest absolute Gasteiger partial charge is 0.468 e. The van der Waals surface area contributed by atoms with E-state index in [4.69, 9.17) is 9.72 Å². The number of nitrogens with zero attached hydrogens (tertiary/aromatic N) is 3. The van der Waals surface area contributed by atoms with Gasteiger partial charge < -0.3 is 9.64 Å². The lowest BCUT2D eigenvalue weighted by molar-refractivity contribution is -0.104. The highest BCUT2D eigenvalue weighted by atomic mass is 32.2. The first kappa shape index (κ1) is 20.5. The molecule has 1 aliphatic carbocycles. The predicted molar refractivity (Wildman–Crippen MR) is 118 cm³/mol. The molecule has 0 N–H and O–H groups in total. The van der Waals surface area contributed by atoms with Crippen molar-refractivity contribution in [1.29, 1.82) is 0 Å². The molecule has 0 unspecified atom stereocenters. The fraction of sp³-hybridized carbons (Fsp3) is 0.455. The van der Waals surface area contributed by atoms with Gasteiger partial charge in [-0.05, 0) is 72.4 Å². The molecule has 5 nitrogen and oxygen atoms in total. The highest BCUT2D eigenvalue weighted by Gasteiger charge is 2.25. The first-order valence-corrected chi connectivity index (χ1v) is 10.9. The molecule has 2 aromatic rings. The van der Waals surface area contributed by atoms with Crippen LogP contribution in [0.3, 0.4) is 0 Å². The van der Waals surface area contributed by atoms with Crippen molar-refractivity contribution in [3.8, 4) is 6.01 Å². The molecule has 1 heterocycles. The van der Waals surface area contributed by atoms with E-state index in [9.17, 15) is 4.79 Å². The quantitative estimate of drug-likeness (QED) is 0.356. The number of thioether (sulfide) groups is 1. The third-order valence-corrected chi connectivity index (χ3v) is 5.42. The summed E-state index contributed by atoms with van der Waals surface area (Å²) in [6.45, 7) is 2.77. The molecule has 0 spiro atoms. The Hall–Kier alpha value is -2.21. The van der Waals surface area contributed by atoms with Gasteiger partial charge in [0.05, 0.1) is 18.1 Å². The van der Waals surface area contributed by atoms with Gasteiger partial charge in [-0.3, -0.25) is 9.36 Å². The maximum Gasteiger partial charge on any atom is 0.297 e. The van der Waals surface area contributed by atoms with Crippen LogP contribution >= 0.6 is 11.8 Å². The molecule has 0 saturated heterocycles. The maximum atomic E-state index is 11.2. The summed E-state index contributed by atoms with van der Waals surface area (Å²) in [4.78, 5) is 18.0. The van der Waals surface area contributed by atoms with Crippen LogP contribution in [0.15, 0.2) is 30.0 Å². The highest BCUT2D eigenvalue weighted by Crippen LogP contribution is 2.36. The number of hydrogen-bond acceptors (Lipinski definition) is 5. The molecule has 0 amide bonds. The van der Waals surface area contributed by atoms with Crippen LogP contribution in [0.2, 0.25) is 0 Å². The highest BCUT2D eigenvalue weighted by molar-refractivity contribution is 7.97. The average Bonchev–Trinajstić information content (AvgIpc) is 3.41. The number of rotatable bonds is 9. The van der Waals surface area contributed by atoms with Gasteiger partial charge >= 0.3 is 0 Å². The van der Waals surface area contributed by atoms with E-state index in [1.54, 1.807) is 18.9 Å². The molecule has 1 aliphatic rings. The summed E-state index contributed by atoms with van der Waals surface area (Å²) in [7, 11) is 5.67. The second kappa shape index (κ2) is 8.86. The molecule has 1 aromatic heterocycles. The number of aromatic nitrogens is 2. The molecule has 6 heteroatoms. The standard InChI is InChI=1S/C22H29N3O2S/c1-15(13-26)8-18(12-24(2)3)17-9-19(14-28-5)21-20(10-17)25(11-16-6-7-16)22(23-21)27-4/h8-10,12-13,16H,6-7,11,14H2,1-5H3/b15-8-,18-12+. The van der Waals surface area contributed by atoms with Crippen LogP contribution in [0.4, 0.5) is 0 Å². The summed E-state index contributed by atoms with van der Waals surface area (Å²) >= 11 is 1.78. The number of benzene rings is 1. The first-order chi connectivity index (χ1) is 13.5. The molecule has 28 heavy (non-hydrogen) atoms. The van der Waals surface area contributed by atoms with E-state index in [1.807, 2.05) is 32.0 Å². The predicted octanol–water partition coefficient (Wildman–Crippen LogP) is 4.37. The van der Waals surface area contributed by atoms with Gasteiger partial charge in [-0.25, -0.2) is 0 Å². The number of fused-ring (bicyclic) bond motifs is 1. The van der Waals surface area contributed by atoms with Gasteiger partial charge in [0.15, 0.2) is 0 Å². The summed E-state index contributed by atoms with van der Waals surface area (Å²) in [5.74, 6) is 1.59. The Morgan fingerprint density at radius 3 is 2.71 bits per heavy atom. The van der Waals surface area contributed by atoms with Crippen molar-refractivity contribution in [2.45, 2.75) is 32.1 Å². The lowest BCUT2D eigenvalue weighted by Crippen LogP contribution is -2.04. The lowest BCUT2D eigenvalue weighted by atomic mass is 10.0. The second-order valence-corrected chi connectivity index (χ2v) is 8.51. The minimum Gasteiger partial charge on any atom is -0.468 e. The van der Waals surface area contributed by atoms with Gasteiger partial charge in [-0.2, -0.15) is 16.7 Å². The Morgan fingerprint density at radius 1 is 1.39 bits per heavy atom. The number of aldehydes is 1. The summed E-state index contributed by atoms with van der Waals surface area (Å²) in [6, 6.07) is 5.05. The van der Waals surface area contributed by atoms with Crippen LogP contribution in [0.25, 0.3) is 16.6 Å². The zero-order chi connectivity index (χ0) is 20.3. The van der Waals surface area contributed by atoms with E-state index in [-0.39, 0.29) is 0 Å². The molecular weight excluding hydrogens is 370 g/mol. The monoisotopic (exact) mass is 399 g/mol. The van der Waals surface area contributed by atoms with Gasteiger partial charge in [0.25, 0.3) is 6.01 Å². The van der Waals surface area contributed by atoms with Gasteiger partial charge in [0, 0.05) is 32.6 Å². The Kier molecular flexibility index (Phi) is 6.50. The molecule has 0 aliphatic heterocycles. The molecule has 1 aromatic carbocycles. The molecule has 0 bridgehead atoms. The van der Waals surface area contributed by atoms with E-state index in [2.05, 4.69) is 29.2 Å². The number of carbonyl (C=O) groups excluding carboxylic acids is 1. The van der Waals surface area contributed by atoms with Crippen molar-refractivity contribution in [2.24, 2.45) is 5.92 Å². The van der Waals surface area contributed by atoms with E-state index < -0.39 is 0 Å². The van der Waals surface area contributed by atoms with Crippen LogP contribution in [-0.2, 0) is 17.1 Å². The fourth-order valence-corrected chi connectivity index (χ4v) is 3.88. The smallest absolute Gasteiger partial charge is 0.297 e. The summed E-state index contributed by atoms with van der Waals surface area (Å²) in [5, 5.41) is 0. The minimum absolute atomic E-state index is 0.680. The van der Waals surface area contributed by atoms with Gasteiger partial charge in [-0.15, -0.1) is 0 Å². The summed E-state index contributed by atoms with van der Waals surface area (Å²) < 4.78 is 7.82. The number of allylic oxidation sites excluding steroid dienone is 3. The normalized spacial score (nSPS) is 15.2.